The molecule has 0 amide bonds. The second kappa shape index (κ2) is 5.66. The lowest BCUT2D eigenvalue weighted by Gasteiger charge is -2.26. The topological polar surface area (TPSA) is 50.7 Å². The van der Waals surface area contributed by atoms with Gasteiger partial charge in [0.2, 0.25) is 0 Å². The molecule has 1 saturated heterocycles. The molecular weight excluding hydrogens is 182 g/mol. The second-order valence-electron chi connectivity index (χ2n) is 4.08. The molecular formula is C10H21NO3. The van der Waals surface area contributed by atoms with Gasteiger partial charge in [-0.25, -0.2) is 0 Å². The number of hydrogen-bond acceptors (Lipinski definition) is 4. The third kappa shape index (κ3) is 4.37. The van der Waals surface area contributed by atoms with Gasteiger partial charge in [0.05, 0.1) is 18.3 Å². The molecule has 0 aromatic rings. The molecule has 1 aliphatic heterocycles. The molecule has 1 heterocycles. The van der Waals surface area contributed by atoms with Gasteiger partial charge in [-0.15, -0.1) is 0 Å². The molecule has 1 aliphatic rings. The zero-order chi connectivity index (χ0) is 10.4. The average Bonchev–Trinajstić information content (AvgIpc) is 2.19. The van der Waals surface area contributed by atoms with Crippen LogP contribution in [-0.4, -0.2) is 43.3 Å². The van der Waals surface area contributed by atoms with E-state index in [-0.39, 0.29) is 6.10 Å². The maximum atomic E-state index is 9.72. The van der Waals surface area contributed by atoms with Crippen LogP contribution in [0.15, 0.2) is 0 Å². The van der Waals surface area contributed by atoms with E-state index >= 15 is 0 Å². The summed E-state index contributed by atoms with van der Waals surface area (Å²) in [5, 5.41) is 12.9. The minimum atomic E-state index is -0.606. The largest absolute Gasteiger partial charge is 0.389 e. The average molecular weight is 203 g/mol. The summed E-state index contributed by atoms with van der Waals surface area (Å²) in [7, 11) is 0. The predicted molar refractivity (Wildman–Crippen MR) is 54.1 cm³/mol. The van der Waals surface area contributed by atoms with Crippen molar-refractivity contribution in [2.75, 3.05) is 26.5 Å². The van der Waals surface area contributed by atoms with Gasteiger partial charge in [-0.1, -0.05) is 6.92 Å². The van der Waals surface area contributed by atoms with Crippen LogP contribution in [0.1, 0.15) is 26.7 Å². The summed E-state index contributed by atoms with van der Waals surface area (Å²) in [6.07, 6.45) is 1.92. The lowest BCUT2D eigenvalue weighted by atomic mass is 10.0. The van der Waals surface area contributed by atoms with Crippen LogP contribution < -0.4 is 5.32 Å². The number of aliphatic hydroxyl groups is 1. The Morgan fingerprint density at radius 1 is 1.57 bits per heavy atom. The molecule has 0 aromatic heterocycles. The SMILES string of the molecule is CCC(C)(O)CNCC1CCOCO1. The Kier molecular flexibility index (Phi) is 4.81. The van der Waals surface area contributed by atoms with Gasteiger partial charge in [0.25, 0.3) is 0 Å². The van der Waals surface area contributed by atoms with E-state index in [0.29, 0.717) is 13.3 Å². The number of ether oxygens (including phenoxy) is 2. The van der Waals surface area contributed by atoms with Gasteiger partial charge in [-0.2, -0.15) is 0 Å². The second-order valence-corrected chi connectivity index (χ2v) is 4.08. The summed E-state index contributed by atoms with van der Waals surface area (Å²) in [5.41, 5.74) is -0.606. The van der Waals surface area contributed by atoms with Crippen molar-refractivity contribution in [2.24, 2.45) is 0 Å². The first-order valence-electron chi connectivity index (χ1n) is 5.26. The number of hydrogen-bond donors (Lipinski definition) is 2. The van der Waals surface area contributed by atoms with Crippen molar-refractivity contribution in [2.45, 2.75) is 38.4 Å². The van der Waals surface area contributed by atoms with Crippen molar-refractivity contribution in [1.29, 1.82) is 0 Å². The first kappa shape index (κ1) is 11.9. The fourth-order valence-corrected chi connectivity index (χ4v) is 1.29. The van der Waals surface area contributed by atoms with Gasteiger partial charge in [0.15, 0.2) is 0 Å². The van der Waals surface area contributed by atoms with Crippen LogP contribution in [0.3, 0.4) is 0 Å². The molecule has 14 heavy (non-hydrogen) atoms. The van der Waals surface area contributed by atoms with E-state index in [1.54, 1.807) is 0 Å². The molecule has 0 spiro atoms. The van der Waals surface area contributed by atoms with E-state index in [9.17, 15) is 5.11 Å². The van der Waals surface area contributed by atoms with Crippen LogP contribution in [0.5, 0.6) is 0 Å². The Balaban J connectivity index is 2.08. The molecule has 0 bridgehead atoms. The number of rotatable bonds is 5. The van der Waals surface area contributed by atoms with Crippen LogP contribution in [0, 0.1) is 0 Å². The van der Waals surface area contributed by atoms with E-state index in [1.165, 1.54) is 0 Å². The lowest BCUT2D eigenvalue weighted by Crippen LogP contribution is -2.42. The van der Waals surface area contributed by atoms with Crippen molar-refractivity contribution < 1.29 is 14.6 Å². The molecule has 1 fully saturated rings. The van der Waals surface area contributed by atoms with E-state index in [2.05, 4.69) is 5.32 Å². The van der Waals surface area contributed by atoms with E-state index in [1.807, 2.05) is 13.8 Å². The minimum Gasteiger partial charge on any atom is -0.389 e. The summed E-state index contributed by atoms with van der Waals surface area (Å²) >= 11 is 0. The third-order valence-electron chi connectivity index (χ3n) is 2.61. The minimum absolute atomic E-state index is 0.233. The molecule has 2 N–H and O–H groups in total. The lowest BCUT2D eigenvalue weighted by molar-refractivity contribution is -0.137. The summed E-state index contributed by atoms with van der Waals surface area (Å²) in [6, 6.07) is 0. The molecule has 0 saturated carbocycles. The summed E-state index contributed by atoms with van der Waals surface area (Å²) < 4.78 is 10.4. The van der Waals surface area contributed by atoms with Gasteiger partial charge < -0.3 is 19.9 Å². The highest BCUT2D eigenvalue weighted by Gasteiger charge is 2.19. The van der Waals surface area contributed by atoms with E-state index < -0.39 is 5.60 Å². The van der Waals surface area contributed by atoms with Crippen LogP contribution in [0.25, 0.3) is 0 Å². The zero-order valence-electron chi connectivity index (χ0n) is 9.08. The highest BCUT2D eigenvalue weighted by Crippen LogP contribution is 2.08. The van der Waals surface area contributed by atoms with E-state index in [4.69, 9.17) is 9.47 Å². The van der Waals surface area contributed by atoms with Gasteiger partial charge >= 0.3 is 0 Å². The Hall–Kier alpha value is -0.160. The first-order chi connectivity index (χ1) is 6.64. The van der Waals surface area contributed by atoms with Gasteiger partial charge in [0, 0.05) is 13.1 Å². The predicted octanol–water partition coefficient (Wildman–Crippen LogP) is 0.500. The van der Waals surface area contributed by atoms with Crippen LogP contribution >= 0.6 is 0 Å². The maximum absolute atomic E-state index is 9.72. The molecule has 2 atom stereocenters. The Morgan fingerprint density at radius 2 is 2.36 bits per heavy atom. The Morgan fingerprint density at radius 3 is 2.93 bits per heavy atom. The van der Waals surface area contributed by atoms with Crippen molar-refractivity contribution in [1.82, 2.24) is 5.32 Å². The molecule has 1 rings (SSSR count). The fraction of sp³-hybridized carbons (Fsp3) is 1.00. The molecule has 0 aliphatic carbocycles. The summed E-state index contributed by atoms with van der Waals surface area (Å²) in [6.45, 7) is 6.40. The van der Waals surface area contributed by atoms with Gasteiger partial charge in [-0.3, -0.25) is 0 Å². The molecule has 2 unspecified atom stereocenters. The Labute approximate surface area is 85.6 Å². The Bertz CT molecular complexity index is 155. The van der Waals surface area contributed by atoms with Gasteiger partial charge in [-0.05, 0) is 19.8 Å². The van der Waals surface area contributed by atoms with E-state index in [0.717, 1.165) is 26.0 Å². The maximum Gasteiger partial charge on any atom is 0.147 e. The van der Waals surface area contributed by atoms with Crippen LogP contribution in [0.4, 0.5) is 0 Å². The number of nitrogens with one attached hydrogen (secondary N) is 1. The van der Waals surface area contributed by atoms with Crippen LogP contribution in [0.2, 0.25) is 0 Å². The van der Waals surface area contributed by atoms with Crippen molar-refractivity contribution in [3.63, 3.8) is 0 Å². The van der Waals surface area contributed by atoms with Gasteiger partial charge in [0.1, 0.15) is 6.79 Å². The summed E-state index contributed by atoms with van der Waals surface area (Å²) in [5.74, 6) is 0. The standard InChI is InChI=1S/C10H21NO3/c1-3-10(2,12)7-11-6-9-4-5-13-8-14-9/h9,11-12H,3-8H2,1-2H3. The van der Waals surface area contributed by atoms with Crippen molar-refractivity contribution in [3.8, 4) is 0 Å². The van der Waals surface area contributed by atoms with Crippen molar-refractivity contribution in [3.05, 3.63) is 0 Å². The monoisotopic (exact) mass is 203 g/mol. The smallest absolute Gasteiger partial charge is 0.147 e. The molecule has 4 heteroatoms. The van der Waals surface area contributed by atoms with Crippen molar-refractivity contribution >= 4 is 0 Å². The molecule has 4 nitrogen and oxygen atoms in total. The molecule has 0 aromatic carbocycles. The van der Waals surface area contributed by atoms with Crippen LogP contribution in [-0.2, 0) is 9.47 Å². The quantitative estimate of drug-likeness (QED) is 0.683. The fourth-order valence-electron chi connectivity index (χ4n) is 1.29. The zero-order valence-corrected chi connectivity index (χ0v) is 9.08. The third-order valence-corrected chi connectivity index (χ3v) is 2.61. The first-order valence-corrected chi connectivity index (χ1v) is 5.26. The normalized spacial score (nSPS) is 27.2. The highest BCUT2D eigenvalue weighted by atomic mass is 16.7. The highest BCUT2D eigenvalue weighted by molar-refractivity contribution is 4.74. The molecule has 0 radical (unpaired) electrons. The summed E-state index contributed by atoms with van der Waals surface area (Å²) in [4.78, 5) is 0. The molecule has 84 valence electrons.